The van der Waals surface area contributed by atoms with Crippen molar-refractivity contribution in [3.8, 4) is 0 Å². The van der Waals surface area contributed by atoms with Crippen molar-refractivity contribution in [3.63, 3.8) is 0 Å². The molecule has 0 saturated carbocycles. The van der Waals surface area contributed by atoms with Gasteiger partial charge >= 0.3 is 0 Å². The summed E-state index contributed by atoms with van der Waals surface area (Å²) in [6.07, 6.45) is 0.296. The number of nitrogens with zero attached hydrogens (tertiary/aromatic N) is 1. The standard InChI is InChI=1S/C4H5NO3.3K/c6-3-1-2-4(7)5(3)8;;;/h8H,1-2H2;;;. The van der Waals surface area contributed by atoms with E-state index in [1.807, 2.05) is 0 Å². The molecule has 0 aromatic rings. The average Bonchev–Trinajstić information content (AvgIpc) is 1.98. The van der Waals surface area contributed by atoms with E-state index >= 15 is 0 Å². The van der Waals surface area contributed by atoms with Crippen LogP contribution in [0.15, 0.2) is 0 Å². The van der Waals surface area contributed by atoms with Crippen LogP contribution in [0.3, 0.4) is 0 Å². The first-order valence-electron chi connectivity index (χ1n) is 2.26. The fourth-order valence-corrected chi connectivity index (χ4v) is 0.565. The molecule has 11 heavy (non-hydrogen) atoms. The summed E-state index contributed by atoms with van der Waals surface area (Å²) in [5.74, 6) is -1.01. The SMILES string of the molecule is O=C1CCC(=O)N1O.[K].[K].[K]. The van der Waals surface area contributed by atoms with E-state index in [0.717, 1.165) is 0 Å². The van der Waals surface area contributed by atoms with E-state index in [0.29, 0.717) is 0 Å². The third-order valence-corrected chi connectivity index (χ3v) is 1.03. The van der Waals surface area contributed by atoms with Crippen LogP contribution in [-0.2, 0) is 9.59 Å². The zero-order valence-electron chi connectivity index (χ0n) is 7.13. The molecular formula is C4H5K3NO3. The van der Waals surface area contributed by atoms with Gasteiger partial charge in [0.05, 0.1) is 0 Å². The van der Waals surface area contributed by atoms with Crippen LogP contribution < -0.4 is 0 Å². The van der Waals surface area contributed by atoms with Crippen molar-refractivity contribution < 1.29 is 14.8 Å². The van der Waals surface area contributed by atoms with E-state index in [1.165, 1.54) is 0 Å². The van der Waals surface area contributed by atoms with Gasteiger partial charge in [-0.15, -0.1) is 0 Å². The minimum absolute atomic E-state index is 0. The number of hydrogen-bond acceptors (Lipinski definition) is 3. The number of hydrogen-bond donors (Lipinski definition) is 1. The summed E-state index contributed by atoms with van der Waals surface area (Å²) in [5, 5.41) is 8.57. The molecule has 0 bridgehead atoms. The van der Waals surface area contributed by atoms with E-state index in [2.05, 4.69) is 0 Å². The van der Waals surface area contributed by atoms with Crippen LogP contribution in [0.5, 0.6) is 0 Å². The Balaban J connectivity index is -0.000000213. The van der Waals surface area contributed by atoms with Gasteiger partial charge in [-0.25, -0.2) is 0 Å². The Morgan fingerprint density at radius 2 is 1.27 bits per heavy atom. The number of carbonyl (C=O) groups excluding carboxylic acids is 2. The quantitative estimate of drug-likeness (QED) is 0.310. The first-order valence-corrected chi connectivity index (χ1v) is 2.26. The van der Waals surface area contributed by atoms with Gasteiger partial charge in [0.2, 0.25) is 0 Å². The maximum atomic E-state index is 10.2. The molecule has 4 nitrogen and oxygen atoms in total. The van der Waals surface area contributed by atoms with Crippen molar-refractivity contribution in [1.82, 2.24) is 5.06 Å². The average molecular weight is 232 g/mol. The Morgan fingerprint density at radius 3 is 1.36 bits per heavy atom. The molecular weight excluding hydrogens is 227 g/mol. The molecule has 2 amide bonds. The monoisotopic (exact) mass is 232 g/mol. The molecule has 1 aliphatic rings. The molecule has 1 aliphatic heterocycles. The Hall–Kier alpha value is 4.01. The normalized spacial score (nSPS) is 14.8. The molecule has 0 unspecified atom stereocenters. The van der Waals surface area contributed by atoms with Crippen LogP contribution in [0.4, 0.5) is 0 Å². The van der Waals surface area contributed by atoms with Crippen LogP contribution in [0.25, 0.3) is 0 Å². The van der Waals surface area contributed by atoms with Crippen LogP contribution in [0.2, 0.25) is 0 Å². The zero-order chi connectivity index (χ0) is 6.15. The summed E-state index contributed by atoms with van der Waals surface area (Å²) in [6, 6.07) is 0. The second-order valence-electron chi connectivity index (χ2n) is 1.60. The van der Waals surface area contributed by atoms with Gasteiger partial charge < -0.3 is 0 Å². The van der Waals surface area contributed by atoms with E-state index in [9.17, 15) is 9.59 Å². The number of rotatable bonds is 0. The summed E-state index contributed by atoms with van der Waals surface area (Å²) in [4.78, 5) is 20.5. The number of hydroxylamine groups is 2. The summed E-state index contributed by atoms with van der Waals surface area (Å²) in [5.41, 5.74) is 0. The van der Waals surface area contributed by atoms with Gasteiger partial charge in [-0.2, -0.15) is 5.06 Å². The number of amides is 2. The largest absolute Gasteiger partial charge is 0.279 e. The predicted molar refractivity (Wildman–Crippen MR) is 40.1 cm³/mol. The first kappa shape index (κ1) is 20.4. The molecule has 47 valence electrons. The second-order valence-corrected chi connectivity index (χ2v) is 1.60. The Morgan fingerprint density at radius 1 is 1.00 bits per heavy atom. The van der Waals surface area contributed by atoms with Gasteiger partial charge in [0.25, 0.3) is 11.8 Å². The van der Waals surface area contributed by atoms with E-state index < -0.39 is 11.8 Å². The van der Waals surface area contributed by atoms with Gasteiger partial charge in [0, 0.05) is 167 Å². The van der Waals surface area contributed by atoms with Crippen LogP contribution in [-0.4, -0.2) is 176 Å². The Kier molecular flexibility index (Phi) is 19.5. The summed E-state index contributed by atoms with van der Waals surface area (Å²) < 4.78 is 0. The zero-order valence-corrected chi connectivity index (χ0v) is 16.5. The number of imide groups is 1. The maximum Gasteiger partial charge on any atom is 0.253 e. The Bertz CT molecular complexity index is 136. The third-order valence-electron chi connectivity index (χ3n) is 1.03. The molecule has 0 atom stereocenters. The molecule has 1 N–H and O–H groups in total. The van der Waals surface area contributed by atoms with Crippen molar-refractivity contribution in [2.75, 3.05) is 0 Å². The minimum atomic E-state index is -0.505. The molecule has 0 aromatic carbocycles. The summed E-state index contributed by atoms with van der Waals surface area (Å²) >= 11 is 0. The van der Waals surface area contributed by atoms with E-state index in [1.54, 1.807) is 0 Å². The molecule has 1 saturated heterocycles. The van der Waals surface area contributed by atoms with Crippen molar-refractivity contribution in [1.29, 1.82) is 0 Å². The number of carbonyl (C=O) groups is 2. The first-order chi connectivity index (χ1) is 3.72. The van der Waals surface area contributed by atoms with Crippen molar-refractivity contribution in [2.45, 2.75) is 12.8 Å². The molecule has 0 aliphatic carbocycles. The van der Waals surface area contributed by atoms with Crippen LogP contribution in [0, 0.1) is 0 Å². The third kappa shape index (κ3) is 6.98. The van der Waals surface area contributed by atoms with Crippen LogP contribution >= 0.6 is 0 Å². The van der Waals surface area contributed by atoms with Gasteiger partial charge in [-0.05, 0) is 0 Å². The molecule has 0 aromatic heterocycles. The smallest absolute Gasteiger partial charge is 0.253 e. The molecule has 0 spiro atoms. The van der Waals surface area contributed by atoms with Crippen molar-refractivity contribution in [2.24, 2.45) is 0 Å². The predicted octanol–water partition coefficient (Wildman–Crippen LogP) is -1.62. The van der Waals surface area contributed by atoms with E-state index in [-0.39, 0.29) is 172 Å². The van der Waals surface area contributed by atoms with Gasteiger partial charge in [0.1, 0.15) is 0 Å². The topological polar surface area (TPSA) is 57.6 Å². The summed E-state index contributed by atoms with van der Waals surface area (Å²) in [7, 11) is 0. The summed E-state index contributed by atoms with van der Waals surface area (Å²) in [6.45, 7) is 0. The fourth-order valence-electron chi connectivity index (χ4n) is 0.565. The van der Waals surface area contributed by atoms with E-state index in [4.69, 9.17) is 5.21 Å². The molecule has 1 heterocycles. The maximum absolute atomic E-state index is 10.2. The fraction of sp³-hybridized carbons (Fsp3) is 0.500. The molecule has 1 rings (SSSR count). The molecule has 3 radical (unpaired) electrons. The van der Waals surface area contributed by atoms with Crippen molar-refractivity contribution in [3.05, 3.63) is 0 Å². The minimum Gasteiger partial charge on any atom is -0.279 e. The second kappa shape index (κ2) is 10.5. The molecule has 7 heteroatoms. The van der Waals surface area contributed by atoms with Gasteiger partial charge in [0.15, 0.2) is 0 Å². The van der Waals surface area contributed by atoms with Gasteiger partial charge in [-0.3, -0.25) is 14.8 Å². The van der Waals surface area contributed by atoms with Crippen LogP contribution in [0.1, 0.15) is 12.8 Å². The molecule has 1 fully saturated rings. The van der Waals surface area contributed by atoms with Crippen molar-refractivity contribution >= 4 is 166 Å². The Labute approximate surface area is 192 Å². The van der Waals surface area contributed by atoms with Gasteiger partial charge in [-0.1, -0.05) is 0 Å².